The Morgan fingerprint density at radius 1 is 1.00 bits per heavy atom. The minimum atomic E-state index is -0.527. The quantitative estimate of drug-likeness (QED) is 0.422. The Balaban J connectivity index is 1.55. The van der Waals surface area contributed by atoms with Crippen molar-refractivity contribution in [1.82, 2.24) is 4.98 Å². The van der Waals surface area contributed by atoms with Crippen LogP contribution in [-0.2, 0) is 4.79 Å². The number of nitrogens with one attached hydrogen (secondary N) is 2. The summed E-state index contributed by atoms with van der Waals surface area (Å²) in [6.45, 7) is 1.76. The van der Waals surface area contributed by atoms with Crippen LogP contribution in [0.5, 0.6) is 5.88 Å². The lowest BCUT2D eigenvalue weighted by Gasteiger charge is -2.10. The summed E-state index contributed by atoms with van der Waals surface area (Å²) in [6, 6.07) is 23.3. The van der Waals surface area contributed by atoms with Crippen LogP contribution in [0.25, 0.3) is 10.8 Å². The first-order valence-electron chi connectivity index (χ1n) is 8.92. The number of nitrogens with zero attached hydrogens (tertiary/aromatic N) is 1. The minimum absolute atomic E-state index is 0.122. The molecule has 4 aromatic rings. The lowest BCUT2D eigenvalue weighted by molar-refractivity contribution is -0.117. The van der Waals surface area contributed by atoms with E-state index in [0.29, 0.717) is 10.0 Å². The van der Waals surface area contributed by atoms with Crippen molar-refractivity contribution in [2.75, 3.05) is 10.6 Å². The summed E-state index contributed by atoms with van der Waals surface area (Å²) in [4.78, 5) is 17.3. The van der Waals surface area contributed by atoms with Crippen LogP contribution in [0.4, 0.5) is 16.5 Å². The number of anilines is 3. The summed E-state index contributed by atoms with van der Waals surface area (Å²) in [5.41, 5.74) is 1.62. The molecule has 1 heterocycles. The molecule has 140 valence electrons. The maximum absolute atomic E-state index is 12.5. The van der Waals surface area contributed by atoms with Crippen molar-refractivity contribution in [2.24, 2.45) is 0 Å². The highest BCUT2D eigenvalue weighted by Crippen LogP contribution is 2.37. The zero-order valence-electron chi connectivity index (χ0n) is 15.2. The van der Waals surface area contributed by atoms with Crippen molar-refractivity contribution in [1.29, 1.82) is 0 Å². The first kappa shape index (κ1) is 18.0. The number of hydrogen-bond acceptors (Lipinski definition) is 5. The zero-order valence-corrected chi connectivity index (χ0v) is 16.0. The number of rotatable bonds is 5. The summed E-state index contributed by atoms with van der Waals surface area (Å²) in [7, 11) is 0. The largest absolute Gasteiger partial charge is 0.492 e. The molecule has 0 aliphatic heterocycles. The predicted octanol–water partition coefficient (Wildman–Crippen LogP) is 5.49. The number of aromatic nitrogens is 1. The van der Waals surface area contributed by atoms with Crippen molar-refractivity contribution in [2.45, 2.75) is 12.8 Å². The lowest BCUT2D eigenvalue weighted by Crippen LogP contribution is -2.18. The van der Waals surface area contributed by atoms with Crippen molar-refractivity contribution in [3.8, 4) is 5.88 Å². The summed E-state index contributed by atoms with van der Waals surface area (Å²) in [5, 5.41) is 19.1. The van der Waals surface area contributed by atoms with Crippen LogP contribution in [0.2, 0.25) is 0 Å². The van der Waals surface area contributed by atoms with Crippen LogP contribution in [0.3, 0.4) is 0 Å². The Labute approximate surface area is 166 Å². The van der Waals surface area contributed by atoms with Crippen molar-refractivity contribution >= 4 is 44.5 Å². The third kappa shape index (κ3) is 3.68. The molecule has 6 heteroatoms. The molecular formula is C22H19N3O2S. The fourth-order valence-electron chi connectivity index (χ4n) is 3.00. The van der Waals surface area contributed by atoms with E-state index in [1.165, 1.54) is 11.3 Å². The molecule has 0 spiro atoms. The molecule has 0 aliphatic carbocycles. The molecule has 3 aromatic carbocycles. The second kappa shape index (κ2) is 7.70. The highest BCUT2D eigenvalue weighted by Gasteiger charge is 2.23. The summed E-state index contributed by atoms with van der Waals surface area (Å²) >= 11 is 1.28. The van der Waals surface area contributed by atoms with Gasteiger partial charge in [-0.05, 0) is 30.5 Å². The third-order valence-corrected chi connectivity index (χ3v) is 5.64. The van der Waals surface area contributed by atoms with Crippen LogP contribution < -0.4 is 10.6 Å². The van der Waals surface area contributed by atoms with Gasteiger partial charge in [0.15, 0.2) is 5.13 Å². The highest BCUT2D eigenvalue weighted by molar-refractivity contribution is 7.16. The normalized spacial score (nSPS) is 11.9. The average molecular weight is 389 g/mol. The van der Waals surface area contributed by atoms with E-state index in [1.807, 2.05) is 72.8 Å². The Hall–Kier alpha value is -3.38. The number of para-hydroxylation sites is 1. The monoisotopic (exact) mass is 389 g/mol. The summed E-state index contributed by atoms with van der Waals surface area (Å²) < 4.78 is 0. The molecule has 1 amide bonds. The van der Waals surface area contributed by atoms with Gasteiger partial charge in [-0.2, -0.15) is 4.98 Å². The maximum Gasteiger partial charge on any atom is 0.232 e. The molecule has 0 saturated carbocycles. The number of benzene rings is 3. The van der Waals surface area contributed by atoms with Gasteiger partial charge in [0.05, 0.1) is 10.8 Å². The van der Waals surface area contributed by atoms with E-state index in [1.54, 1.807) is 6.92 Å². The van der Waals surface area contributed by atoms with Gasteiger partial charge in [0, 0.05) is 16.8 Å². The smallest absolute Gasteiger partial charge is 0.232 e. The fraction of sp³-hybridized carbons (Fsp3) is 0.0909. The van der Waals surface area contributed by atoms with E-state index in [-0.39, 0.29) is 11.8 Å². The van der Waals surface area contributed by atoms with Gasteiger partial charge < -0.3 is 15.7 Å². The van der Waals surface area contributed by atoms with Crippen LogP contribution in [-0.4, -0.2) is 16.0 Å². The number of carbonyl (C=O) groups excluding carboxylic acids is 1. The number of fused-ring (bicyclic) bond motifs is 1. The van der Waals surface area contributed by atoms with E-state index in [2.05, 4.69) is 15.6 Å². The predicted molar refractivity (Wildman–Crippen MR) is 114 cm³/mol. The minimum Gasteiger partial charge on any atom is -0.492 e. The summed E-state index contributed by atoms with van der Waals surface area (Å²) in [6.07, 6.45) is 0. The first-order valence-corrected chi connectivity index (χ1v) is 9.74. The lowest BCUT2D eigenvalue weighted by atomic mass is 10.1. The molecule has 1 unspecified atom stereocenters. The molecule has 3 N–H and O–H groups in total. The number of hydrogen-bond donors (Lipinski definition) is 3. The molecule has 0 fully saturated rings. The second-order valence-corrected chi connectivity index (χ2v) is 7.47. The molecule has 28 heavy (non-hydrogen) atoms. The van der Waals surface area contributed by atoms with E-state index in [9.17, 15) is 9.90 Å². The van der Waals surface area contributed by atoms with Gasteiger partial charge in [-0.3, -0.25) is 4.79 Å². The van der Waals surface area contributed by atoms with Gasteiger partial charge in [0.25, 0.3) is 0 Å². The molecule has 0 bridgehead atoms. The molecule has 1 atom stereocenters. The van der Waals surface area contributed by atoms with Gasteiger partial charge in [0.2, 0.25) is 11.8 Å². The van der Waals surface area contributed by atoms with Gasteiger partial charge >= 0.3 is 0 Å². The molecule has 4 rings (SSSR count). The first-order chi connectivity index (χ1) is 13.6. The molecule has 0 radical (unpaired) electrons. The van der Waals surface area contributed by atoms with Gasteiger partial charge in [-0.15, -0.1) is 0 Å². The Morgan fingerprint density at radius 3 is 2.54 bits per heavy atom. The van der Waals surface area contributed by atoms with Crippen molar-refractivity contribution in [3.05, 3.63) is 77.7 Å². The van der Waals surface area contributed by atoms with Gasteiger partial charge in [0.1, 0.15) is 0 Å². The second-order valence-electron chi connectivity index (χ2n) is 6.44. The van der Waals surface area contributed by atoms with Crippen molar-refractivity contribution < 1.29 is 9.90 Å². The standard InChI is InChI=1S/C22H19N3O2S/c1-14(20(26)23-16-10-3-2-4-11-16)19-21(27)25-22(28-19)24-18-13-7-9-15-8-5-6-12-17(15)18/h2-14,27H,1H3,(H,23,26)(H,24,25). The third-order valence-electron chi connectivity index (χ3n) is 4.49. The molecule has 0 aliphatic rings. The van der Waals surface area contributed by atoms with E-state index in [4.69, 9.17) is 0 Å². The number of amides is 1. The molecule has 0 saturated heterocycles. The Morgan fingerprint density at radius 2 is 1.71 bits per heavy atom. The fourth-order valence-corrected chi connectivity index (χ4v) is 3.92. The van der Waals surface area contributed by atoms with Crippen LogP contribution in [0.1, 0.15) is 17.7 Å². The average Bonchev–Trinajstić information content (AvgIpc) is 3.08. The SMILES string of the molecule is CC(C(=O)Nc1ccccc1)c1sc(Nc2cccc3ccccc23)nc1O. The molecular weight excluding hydrogens is 370 g/mol. The van der Waals surface area contributed by atoms with E-state index in [0.717, 1.165) is 22.1 Å². The van der Waals surface area contributed by atoms with Crippen LogP contribution >= 0.6 is 11.3 Å². The van der Waals surface area contributed by atoms with Crippen molar-refractivity contribution in [3.63, 3.8) is 0 Å². The summed E-state index contributed by atoms with van der Waals surface area (Å²) in [5.74, 6) is -0.842. The van der Waals surface area contributed by atoms with Gasteiger partial charge in [-0.25, -0.2) is 0 Å². The topological polar surface area (TPSA) is 74.2 Å². The molecule has 5 nitrogen and oxygen atoms in total. The van der Waals surface area contributed by atoms with E-state index >= 15 is 0 Å². The van der Waals surface area contributed by atoms with Crippen LogP contribution in [0.15, 0.2) is 72.8 Å². The highest BCUT2D eigenvalue weighted by atomic mass is 32.1. The zero-order chi connectivity index (χ0) is 19.5. The Bertz CT molecular complexity index is 1120. The van der Waals surface area contributed by atoms with Crippen LogP contribution in [0, 0.1) is 0 Å². The van der Waals surface area contributed by atoms with E-state index < -0.39 is 5.92 Å². The number of aromatic hydroxyl groups is 1. The number of carbonyl (C=O) groups is 1. The molecule has 1 aromatic heterocycles. The maximum atomic E-state index is 12.5. The Kier molecular flexibility index (Phi) is 4.95. The van der Waals surface area contributed by atoms with Gasteiger partial charge in [-0.1, -0.05) is 65.9 Å². The number of thiazole rings is 1.